The van der Waals surface area contributed by atoms with E-state index in [-0.39, 0.29) is 11.9 Å². The maximum absolute atomic E-state index is 13.5. The fourth-order valence-electron chi connectivity index (χ4n) is 1.92. The van der Waals surface area contributed by atoms with E-state index in [1.54, 1.807) is 18.2 Å². The first-order valence-electron chi connectivity index (χ1n) is 7.06. The molecule has 0 aromatic heterocycles. The minimum absolute atomic E-state index is 0.00798. The summed E-state index contributed by atoms with van der Waals surface area (Å²) >= 11 is 5.18. The Hall–Kier alpha value is -2.14. The van der Waals surface area contributed by atoms with Crippen molar-refractivity contribution in [2.45, 2.75) is 19.9 Å². The second-order valence-electron chi connectivity index (χ2n) is 5.06. The van der Waals surface area contributed by atoms with Gasteiger partial charge in [-0.15, -0.1) is 0 Å². The third kappa shape index (κ3) is 4.70. The molecular formula is C17H19FN2OS. The van der Waals surface area contributed by atoms with Crippen molar-refractivity contribution in [3.8, 4) is 5.75 Å². The first-order chi connectivity index (χ1) is 10.6. The van der Waals surface area contributed by atoms with Crippen molar-refractivity contribution in [1.29, 1.82) is 0 Å². The normalized spacial score (nSPS) is 11.6. The zero-order valence-electron chi connectivity index (χ0n) is 12.6. The van der Waals surface area contributed by atoms with Crippen LogP contribution in [0.2, 0.25) is 0 Å². The van der Waals surface area contributed by atoms with Crippen LogP contribution < -0.4 is 15.4 Å². The van der Waals surface area contributed by atoms with E-state index in [0.29, 0.717) is 17.4 Å². The van der Waals surface area contributed by atoms with Gasteiger partial charge in [0.2, 0.25) is 0 Å². The molecule has 0 aliphatic rings. The fourth-order valence-corrected chi connectivity index (χ4v) is 2.23. The van der Waals surface area contributed by atoms with Crippen molar-refractivity contribution < 1.29 is 9.13 Å². The van der Waals surface area contributed by atoms with Crippen molar-refractivity contribution in [1.82, 2.24) is 5.32 Å². The SMILES string of the molecule is Cc1ccccc1OCC(C)NC(=S)Nc1ccccc1F. The van der Waals surface area contributed by atoms with Gasteiger partial charge in [-0.3, -0.25) is 0 Å². The molecule has 3 nitrogen and oxygen atoms in total. The molecule has 2 N–H and O–H groups in total. The lowest BCUT2D eigenvalue weighted by Gasteiger charge is -2.18. The summed E-state index contributed by atoms with van der Waals surface area (Å²) in [6, 6.07) is 14.2. The Morgan fingerprint density at radius 1 is 1.18 bits per heavy atom. The third-order valence-electron chi connectivity index (χ3n) is 3.08. The number of hydrogen-bond donors (Lipinski definition) is 2. The van der Waals surface area contributed by atoms with E-state index >= 15 is 0 Å². The highest BCUT2D eigenvalue weighted by molar-refractivity contribution is 7.80. The van der Waals surface area contributed by atoms with Crippen LogP contribution in [0.3, 0.4) is 0 Å². The largest absolute Gasteiger partial charge is 0.491 e. The van der Waals surface area contributed by atoms with Crippen LogP contribution in [0.15, 0.2) is 48.5 Å². The molecule has 1 atom stereocenters. The van der Waals surface area contributed by atoms with Gasteiger partial charge in [0.25, 0.3) is 0 Å². The molecule has 5 heteroatoms. The van der Waals surface area contributed by atoms with E-state index in [1.807, 2.05) is 38.1 Å². The van der Waals surface area contributed by atoms with Gasteiger partial charge < -0.3 is 15.4 Å². The Morgan fingerprint density at radius 3 is 2.59 bits per heavy atom. The lowest BCUT2D eigenvalue weighted by atomic mass is 10.2. The van der Waals surface area contributed by atoms with E-state index in [1.165, 1.54) is 6.07 Å². The molecule has 1 unspecified atom stereocenters. The standard InChI is InChI=1S/C17H19FN2OS/c1-12-7-3-6-10-16(12)21-11-13(2)19-17(22)20-15-9-5-4-8-14(15)18/h3-10,13H,11H2,1-2H3,(H2,19,20,22). The van der Waals surface area contributed by atoms with Crippen molar-refractivity contribution in [3.05, 3.63) is 59.9 Å². The van der Waals surface area contributed by atoms with Crippen LogP contribution in [0, 0.1) is 12.7 Å². The molecule has 0 aliphatic carbocycles. The fraction of sp³-hybridized carbons (Fsp3) is 0.235. The van der Waals surface area contributed by atoms with Gasteiger partial charge >= 0.3 is 0 Å². The maximum Gasteiger partial charge on any atom is 0.171 e. The minimum atomic E-state index is -0.338. The van der Waals surface area contributed by atoms with Crippen LogP contribution >= 0.6 is 12.2 Å². The summed E-state index contributed by atoms with van der Waals surface area (Å²) in [6.07, 6.45) is 0. The summed E-state index contributed by atoms with van der Waals surface area (Å²) in [5.74, 6) is 0.514. The van der Waals surface area contributed by atoms with E-state index < -0.39 is 0 Å². The monoisotopic (exact) mass is 318 g/mol. The Bertz CT molecular complexity index is 648. The zero-order valence-corrected chi connectivity index (χ0v) is 13.4. The molecular weight excluding hydrogens is 299 g/mol. The maximum atomic E-state index is 13.5. The van der Waals surface area contributed by atoms with Crippen molar-refractivity contribution in [2.24, 2.45) is 0 Å². The number of ether oxygens (including phenoxy) is 1. The molecule has 22 heavy (non-hydrogen) atoms. The molecule has 0 spiro atoms. The van der Waals surface area contributed by atoms with Crippen molar-refractivity contribution >= 4 is 23.0 Å². The molecule has 2 aromatic carbocycles. The second-order valence-corrected chi connectivity index (χ2v) is 5.46. The van der Waals surface area contributed by atoms with Gasteiger partial charge in [-0.1, -0.05) is 30.3 Å². The Balaban J connectivity index is 1.82. The molecule has 0 heterocycles. The van der Waals surface area contributed by atoms with Crippen LogP contribution in [-0.4, -0.2) is 17.8 Å². The number of thiocarbonyl (C=S) groups is 1. The molecule has 2 rings (SSSR count). The smallest absolute Gasteiger partial charge is 0.171 e. The van der Waals surface area contributed by atoms with Crippen LogP contribution in [0.25, 0.3) is 0 Å². The molecule has 0 aliphatic heterocycles. The Kier molecular flexibility index (Phi) is 5.72. The van der Waals surface area contributed by atoms with Gasteiger partial charge in [-0.25, -0.2) is 4.39 Å². The number of hydrogen-bond acceptors (Lipinski definition) is 2. The first kappa shape index (κ1) is 16.2. The molecule has 0 fully saturated rings. The van der Waals surface area contributed by atoms with Crippen molar-refractivity contribution in [3.63, 3.8) is 0 Å². The molecule has 0 saturated heterocycles. The lowest BCUT2D eigenvalue weighted by Crippen LogP contribution is -2.39. The van der Waals surface area contributed by atoms with Gasteiger partial charge in [0.15, 0.2) is 5.11 Å². The van der Waals surface area contributed by atoms with Crippen molar-refractivity contribution in [2.75, 3.05) is 11.9 Å². The number of para-hydroxylation sites is 2. The summed E-state index contributed by atoms with van der Waals surface area (Å²) < 4.78 is 19.3. The highest BCUT2D eigenvalue weighted by atomic mass is 32.1. The second kappa shape index (κ2) is 7.75. The van der Waals surface area contributed by atoms with E-state index in [4.69, 9.17) is 17.0 Å². The summed E-state index contributed by atoms with van der Waals surface area (Å²) in [4.78, 5) is 0. The topological polar surface area (TPSA) is 33.3 Å². The van der Waals surface area contributed by atoms with E-state index in [2.05, 4.69) is 10.6 Å². The molecule has 0 radical (unpaired) electrons. The van der Waals surface area contributed by atoms with Gasteiger partial charge in [-0.05, 0) is 49.8 Å². The summed E-state index contributed by atoms with van der Waals surface area (Å²) in [5.41, 5.74) is 1.44. The zero-order chi connectivity index (χ0) is 15.9. The van der Waals surface area contributed by atoms with Gasteiger partial charge in [0.05, 0.1) is 11.7 Å². The number of anilines is 1. The third-order valence-corrected chi connectivity index (χ3v) is 3.30. The molecule has 0 amide bonds. The number of benzene rings is 2. The number of aryl methyl sites for hydroxylation is 1. The van der Waals surface area contributed by atoms with Crippen LogP contribution in [0.5, 0.6) is 5.75 Å². The molecule has 116 valence electrons. The number of nitrogens with one attached hydrogen (secondary N) is 2. The predicted molar refractivity (Wildman–Crippen MR) is 91.9 cm³/mol. The van der Waals surface area contributed by atoms with E-state index in [9.17, 15) is 4.39 Å². The van der Waals surface area contributed by atoms with Crippen LogP contribution in [0.1, 0.15) is 12.5 Å². The van der Waals surface area contributed by atoms with Gasteiger partial charge in [-0.2, -0.15) is 0 Å². The molecule has 0 bridgehead atoms. The van der Waals surface area contributed by atoms with Gasteiger partial charge in [0.1, 0.15) is 18.2 Å². The number of halogens is 1. The lowest BCUT2D eigenvalue weighted by molar-refractivity contribution is 0.285. The summed E-state index contributed by atoms with van der Waals surface area (Å²) in [7, 11) is 0. The summed E-state index contributed by atoms with van der Waals surface area (Å²) in [5, 5.41) is 6.28. The minimum Gasteiger partial charge on any atom is -0.491 e. The molecule has 2 aromatic rings. The Morgan fingerprint density at radius 2 is 1.86 bits per heavy atom. The molecule has 0 saturated carbocycles. The highest BCUT2D eigenvalue weighted by Crippen LogP contribution is 2.16. The summed E-state index contributed by atoms with van der Waals surface area (Å²) in [6.45, 7) is 4.41. The average molecular weight is 318 g/mol. The quantitative estimate of drug-likeness (QED) is 0.820. The van der Waals surface area contributed by atoms with Crippen LogP contribution in [0.4, 0.5) is 10.1 Å². The van der Waals surface area contributed by atoms with Gasteiger partial charge in [0, 0.05) is 0 Å². The van der Waals surface area contributed by atoms with E-state index in [0.717, 1.165) is 11.3 Å². The first-order valence-corrected chi connectivity index (χ1v) is 7.47. The average Bonchev–Trinajstić information content (AvgIpc) is 2.49. The highest BCUT2D eigenvalue weighted by Gasteiger charge is 2.08. The predicted octanol–water partition coefficient (Wildman–Crippen LogP) is 3.89. The Labute approximate surface area is 135 Å². The van der Waals surface area contributed by atoms with Crippen LogP contribution in [-0.2, 0) is 0 Å². The number of rotatable bonds is 5.